The molecule has 0 saturated carbocycles. The van der Waals surface area contributed by atoms with Crippen LogP contribution in [0.2, 0.25) is 0 Å². The molecule has 4 rings (SSSR count). The van der Waals surface area contributed by atoms with E-state index < -0.39 is 11.7 Å². The minimum atomic E-state index is -0.551. The number of hydrogen-bond acceptors (Lipinski definition) is 9. The van der Waals surface area contributed by atoms with E-state index in [4.69, 9.17) is 10.5 Å². The van der Waals surface area contributed by atoms with E-state index in [1.807, 2.05) is 50.2 Å². The Bertz CT molecular complexity index is 1450. The molecule has 0 aliphatic rings. The van der Waals surface area contributed by atoms with Crippen molar-refractivity contribution in [1.29, 1.82) is 0 Å². The fraction of sp³-hybridized carbons (Fsp3) is 0.370. The van der Waals surface area contributed by atoms with Gasteiger partial charge in [-0.1, -0.05) is 48.7 Å². The average molecular weight is 541 g/mol. The fourth-order valence-corrected chi connectivity index (χ4v) is 5.04. The van der Waals surface area contributed by atoms with E-state index in [0.717, 1.165) is 31.6 Å². The first-order valence-electron chi connectivity index (χ1n) is 11.8. The van der Waals surface area contributed by atoms with Crippen molar-refractivity contribution in [2.45, 2.75) is 65.9 Å². The number of hydrogen-bond donors (Lipinski definition) is 2. The van der Waals surface area contributed by atoms with Crippen LogP contribution in [0, 0.1) is 0 Å². The number of nitrogen functional groups attached to an aromatic ring is 1. The van der Waals surface area contributed by atoms with Crippen molar-refractivity contribution in [1.82, 2.24) is 9.97 Å². The smallest absolute Gasteiger partial charge is 0.413 e. The van der Waals surface area contributed by atoms with Crippen LogP contribution in [-0.2, 0) is 14.3 Å². The molecule has 0 aliphatic heterocycles. The van der Waals surface area contributed by atoms with Gasteiger partial charge in [-0.15, -0.1) is 0 Å². The van der Waals surface area contributed by atoms with E-state index in [1.165, 1.54) is 22.7 Å². The van der Waals surface area contributed by atoms with Gasteiger partial charge < -0.3 is 10.5 Å². The first-order chi connectivity index (χ1) is 17.2. The number of aromatic nitrogens is 2. The van der Waals surface area contributed by atoms with Gasteiger partial charge in [0.2, 0.25) is 0 Å². The third kappa shape index (κ3) is 7.56. The quantitative estimate of drug-likeness (QED) is 0.282. The zero-order valence-electron chi connectivity index (χ0n) is 22.0. The molecule has 0 aliphatic carbocycles. The van der Waals surface area contributed by atoms with E-state index in [2.05, 4.69) is 15.3 Å². The molecule has 10 heteroatoms. The van der Waals surface area contributed by atoms with Gasteiger partial charge in [-0.25, -0.2) is 14.8 Å². The summed E-state index contributed by atoms with van der Waals surface area (Å²) in [7, 11) is 0. The molecular weight excluding hydrogens is 508 g/mol. The third-order valence-corrected chi connectivity index (χ3v) is 7.45. The Balaban J connectivity index is 0.000000220. The Hall–Kier alpha value is -3.37. The van der Waals surface area contributed by atoms with Gasteiger partial charge in [0.25, 0.3) is 0 Å². The predicted molar refractivity (Wildman–Crippen MR) is 152 cm³/mol. The second kappa shape index (κ2) is 11.4. The molecule has 0 spiro atoms. The summed E-state index contributed by atoms with van der Waals surface area (Å²) in [6.45, 7) is 12.4. The fourth-order valence-electron chi connectivity index (χ4n) is 3.35. The lowest BCUT2D eigenvalue weighted by atomic mass is 9.98. The average Bonchev–Trinajstić information content (AvgIpc) is 3.37. The highest BCUT2D eigenvalue weighted by Gasteiger charge is 2.18. The van der Waals surface area contributed by atoms with Gasteiger partial charge >= 0.3 is 6.09 Å². The number of ketones is 2. The number of amides is 1. The van der Waals surface area contributed by atoms with Crippen molar-refractivity contribution in [3.05, 3.63) is 47.5 Å². The summed E-state index contributed by atoms with van der Waals surface area (Å²) in [5, 5.41) is 3.69. The predicted octanol–water partition coefficient (Wildman–Crippen LogP) is 6.91. The van der Waals surface area contributed by atoms with Crippen LogP contribution in [0.25, 0.3) is 20.4 Å². The molecule has 2 aromatic carbocycles. The van der Waals surface area contributed by atoms with Crippen LogP contribution >= 0.6 is 22.7 Å². The van der Waals surface area contributed by atoms with E-state index in [9.17, 15) is 14.4 Å². The monoisotopic (exact) mass is 540 g/mol. The standard InChI is InChI=1S/C16H20N2O3S.C11H12N2OS/c1-9(10(2)19)11-6-7-12-13(8-11)22-14(17-12)18-15(20)21-16(3,4)5;1-6(7(2)14)8-3-4-9-10(5-8)15-11(12)13-9/h6-9H,1-5H3,(H,17,18,20);3-6H,1-2H3,(H2,12,13). The molecule has 2 heterocycles. The number of nitrogens with two attached hydrogens (primary N) is 1. The molecule has 2 atom stereocenters. The topological polar surface area (TPSA) is 124 Å². The second-order valence-electron chi connectivity index (χ2n) is 9.82. The summed E-state index contributed by atoms with van der Waals surface area (Å²) in [6, 6.07) is 11.5. The van der Waals surface area contributed by atoms with Gasteiger partial charge in [-0.05, 0) is 70.0 Å². The van der Waals surface area contributed by atoms with Crippen LogP contribution in [0.3, 0.4) is 0 Å². The van der Waals surface area contributed by atoms with Gasteiger partial charge in [0.15, 0.2) is 10.3 Å². The molecule has 196 valence electrons. The normalized spacial score (nSPS) is 12.9. The molecule has 37 heavy (non-hydrogen) atoms. The van der Waals surface area contributed by atoms with Crippen molar-refractivity contribution in [2.24, 2.45) is 0 Å². The van der Waals surface area contributed by atoms with Gasteiger partial charge in [-0.3, -0.25) is 14.9 Å². The zero-order valence-corrected chi connectivity index (χ0v) is 23.7. The summed E-state index contributed by atoms with van der Waals surface area (Å²) >= 11 is 2.81. The summed E-state index contributed by atoms with van der Waals surface area (Å²) in [5.41, 5.74) is 8.73. The van der Waals surface area contributed by atoms with Gasteiger partial charge in [-0.2, -0.15) is 0 Å². The van der Waals surface area contributed by atoms with Crippen LogP contribution in [-0.4, -0.2) is 33.2 Å². The number of carbonyl (C=O) groups excluding carboxylic acids is 3. The summed E-state index contributed by atoms with van der Waals surface area (Å²) < 4.78 is 7.17. The Labute approximate surface area is 224 Å². The van der Waals surface area contributed by atoms with E-state index in [0.29, 0.717) is 10.3 Å². The minimum absolute atomic E-state index is 0.0577. The first kappa shape index (κ1) is 28.2. The molecule has 3 N–H and O–H groups in total. The highest BCUT2D eigenvalue weighted by Crippen LogP contribution is 2.30. The number of nitrogens with zero attached hydrogens (tertiary/aromatic N) is 2. The Kier molecular flexibility index (Phi) is 8.65. The highest BCUT2D eigenvalue weighted by atomic mass is 32.1. The van der Waals surface area contributed by atoms with E-state index in [1.54, 1.807) is 34.6 Å². The Morgan fingerprint density at radius 3 is 1.84 bits per heavy atom. The number of nitrogens with one attached hydrogen (secondary N) is 1. The summed E-state index contributed by atoms with van der Waals surface area (Å²) in [4.78, 5) is 43.0. The van der Waals surface area contributed by atoms with Gasteiger partial charge in [0.05, 0.1) is 20.4 Å². The maximum Gasteiger partial charge on any atom is 0.413 e. The Morgan fingerprint density at radius 2 is 1.35 bits per heavy atom. The minimum Gasteiger partial charge on any atom is -0.444 e. The lowest BCUT2D eigenvalue weighted by Crippen LogP contribution is -2.27. The van der Waals surface area contributed by atoms with Crippen LogP contribution in [0.1, 0.15) is 71.4 Å². The lowest BCUT2D eigenvalue weighted by molar-refractivity contribution is -0.118. The van der Waals surface area contributed by atoms with E-state index in [-0.39, 0.29) is 23.4 Å². The van der Waals surface area contributed by atoms with Crippen molar-refractivity contribution in [2.75, 3.05) is 11.1 Å². The molecule has 2 aromatic heterocycles. The molecule has 0 radical (unpaired) electrons. The van der Waals surface area contributed by atoms with Crippen molar-refractivity contribution < 1.29 is 19.1 Å². The summed E-state index contributed by atoms with van der Waals surface area (Å²) in [6.07, 6.45) is -0.524. The van der Waals surface area contributed by atoms with Crippen LogP contribution < -0.4 is 11.1 Å². The Morgan fingerprint density at radius 1 is 0.865 bits per heavy atom. The first-order valence-corrected chi connectivity index (χ1v) is 13.4. The largest absolute Gasteiger partial charge is 0.444 e. The SMILES string of the molecule is CC(=O)C(C)c1ccc2nc(N)sc2c1.CC(=O)C(C)c1ccc2nc(NC(=O)OC(C)(C)C)sc2c1. The zero-order chi connectivity index (χ0) is 27.5. The number of Topliss-reactive ketones (excluding diaryl/α,β-unsaturated/α-hetero) is 2. The summed E-state index contributed by atoms with van der Waals surface area (Å²) in [5.74, 6) is 0.0919. The molecule has 1 amide bonds. The lowest BCUT2D eigenvalue weighted by Gasteiger charge is -2.18. The van der Waals surface area contributed by atoms with Crippen LogP contribution in [0.4, 0.5) is 15.1 Å². The molecule has 2 unspecified atom stereocenters. The number of benzene rings is 2. The molecule has 0 bridgehead atoms. The molecule has 0 saturated heterocycles. The maximum absolute atomic E-state index is 11.8. The van der Waals surface area contributed by atoms with Gasteiger partial charge in [0, 0.05) is 11.8 Å². The third-order valence-electron chi connectivity index (χ3n) is 5.67. The number of ether oxygens (including phenoxy) is 1. The molecule has 8 nitrogen and oxygen atoms in total. The number of anilines is 2. The number of thiazole rings is 2. The molecule has 0 fully saturated rings. The van der Waals surface area contributed by atoms with Crippen LogP contribution in [0.5, 0.6) is 0 Å². The van der Waals surface area contributed by atoms with Crippen molar-refractivity contribution in [3.63, 3.8) is 0 Å². The molecular formula is C27H32N4O4S2. The van der Waals surface area contributed by atoms with Crippen LogP contribution in [0.15, 0.2) is 36.4 Å². The second-order valence-corrected chi connectivity index (χ2v) is 11.9. The number of rotatable bonds is 5. The number of fused-ring (bicyclic) bond motifs is 2. The maximum atomic E-state index is 11.8. The number of carbonyl (C=O) groups is 3. The van der Waals surface area contributed by atoms with Crippen molar-refractivity contribution in [3.8, 4) is 0 Å². The van der Waals surface area contributed by atoms with E-state index >= 15 is 0 Å². The van der Waals surface area contributed by atoms with Crippen molar-refractivity contribution >= 4 is 71.0 Å². The van der Waals surface area contributed by atoms with Gasteiger partial charge in [0.1, 0.15) is 17.2 Å². The highest BCUT2D eigenvalue weighted by molar-refractivity contribution is 7.22. The molecule has 4 aromatic rings.